The Kier molecular flexibility index (Phi) is 5.51. The van der Waals surface area contributed by atoms with Gasteiger partial charge < -0.3 is 10.2 Å². The lowest BCUT2D eigenvalue weighted by Crippen LogP contribution is -2.29. The molecule has 12 heavy (non-hydrogen) atoms. The van der Waals surface area contributed by atoms with Crippen molar-refractivity contribution in [3.63, 3.8) is 0 Å². The average Bonchev–Trinajstić information content (AvgIpc) is 2.00. The van der Waals surface area contributed by atoms with Crippen LogP contribution in [0, 0.1) is 0 Å². The molecule has 0 heterocycles. The maximum atomic E-state index is 9.79. The van der Waals surface area contributed by atoms with Crippen LogP contribution < -0.4 is 0 Å². The molecule has 2 atom stereocenters. The van der Waals surface area contributed by atoms with Crippen molar-refractivity contribution in [1.29, 1.82) is 0 Å². The van der Waals surface area contributed by atoms with Crippen LogP contribution in [0.1, 0.15) is 52.9 Å². The highest BCUT2D eigenvalue weighted by molar-refractivity contribution is 4.75. The maximum Gasteiger partial charge on any atom is 0.0644 e. The van der Waals surface area contributed by atoms with Gasteiger partial charge in [0, 0.05) is 6.42 Å². The molecular formula is C10H22O2. The van der Waals surface area contributed by atoms with Crippen molar-refractivity contribution in [2.24, 2.45) is 0 Å². The highest BCUT2D eigenvalue weighted by Crippen LogP contribution is 2.20. The summed E-state index contributed by atoms with van der Waals surface area (Å²) < 4.78 is 0. The number of aliphatic hydroxyl groups excluding tert-OH is 1. The highest BCUT2D eigenvalue weighted by Gasteiger charge is 2.22. The van der Waals surface area contributed by atoms with Crippen molar-refractivity contribution in [3.05, 3.63) is 0 Å². The minimum atomic E-state index is -0.675. The van der Waals surface area contributed by atoms with Crippen LogP contribution in [0.15, 0.2) is 0 Å². The van der Waals surface area contributed by atoms with Crippen LogP contribution in [0.25, 0.3) is 0 Å². The Morgan fingerprint density at radius 1 is 1.33 bits per heavy atom. The second kappa shape index (κ2) is 5.55. The fourth-order valence-electron chi connectivity index (χ4n) is 1.31. The molecule has 2 N–H and O–H groups in total. The Morgan fingerprint density at radius 2 is 1.92 bits per heavy atom. The first-order chi connectivity index (χ1) is 5.52. The molecule has 0 amide bonds. The van der Waals surface area contributed by atoms with E-state index < -0.39 is 5.60 Å². The van der Waals surface area contributed by atoms with Crippen molar-refractivity contribution in [2.45, 2.75) is 64.6 Å². The van der Waals surface area contributed by atoms with Gasteiger partial charge in [-0.15, -0.1) is 0 Å². The van der Waals surface area contributed by atoms with E-state index in [1.807, 2.05) is 13.8 Å². The fraction of sp³-hybridized carbons (Fsp3) is 1.00. The third-order valence-corrected chi connectivity index (χ3v) is 2.22. The molecule has 0 aromatic heterocycles. The molecule has 0 aliphatic carbocycles. The standard InChI is InChI=1S/C10H22O2/c1-4-6-7-10(3,12)8-9(11)5-2/h9,11-12H,4-8H2,1-3H3. The summed E-state index contributed by atoms with van der Waals surface area (Å²) in [7, 11) is 0. The number of hydrogen-bond acceptors (Lipinski definition) is 2. The zero-order valence-corrected chi connectivity index (χ0v) is 8.51. The summed E-state index contributed by atoms with van der Waals surface area (Å²) in [4.78, 5) is 0. The molecule has 0 aliphatic rings. The van der Waals surface area contributed by atoms with Gasteiger partial charge in [0.25, 0.3) is 0 Å². The van der Waals surface area contributed by atoms with E-state index in [1.54, 1.807) is 0 Å². The zero-order valence-electron chi connectivity index (χ0n) is 8.51. The van der Waals surface area contributed by atoms with Crippen LogP contribution in [0.2, 0.25) is 0 Å². The van der Waals surface area contributed by atoms with Gasteiger partial charge in [0.05, 0.1) is 11.7 Å². The molecule has 0 radical (unpaired) electrons. The lowest BCUT2D eigenvalue weighted by molar-refractivity contribution is -0.00479. The SMILES string of the molecule is CCCCC(C)(O)CC(O)CC. The summed E-state index contributed by atoms with van der Waals surface area (Å²) in [5.41, 5.74) is -0.675. The lowest BCUT2D eigenvalue weighted by Gasteiger charge is -2.25. The zero-order chi connectivity index (χ0) is 9.61. The van der Waals surface area contributed by atoms with Crippen molar-refractivity contribution in [2.75, 3.05) is 0 Å². The Balaban J connectivity index is 3.69. The molecule has 0 saturated heterocycles. The molecule has 0 spiro atoms. The maximum absolute atomic E-state index is 9.79. The van der Waals surface area contributed by atoms with E-state index in [-0.39, 0.29) is 6.10 Å². The monoisotopic (exact) mass is 174 g/mol. The van der Waals surface area contributed by atoms with Crippen LogP contribution in [0.3, 0.4) is 0 Å². The van der Waals surface area contributed by atoms with E-state index >= 15 is 0 Å². The third kappa shape index (κ3) is 5.56. The lowest BCUT2D eigenvalue weighted by atomic mass is 9.92. The smallest absolute Gasteiger partial charge is 0.0644 e. The average molecular weight is 174 g/mol. The molecular weight excluding hydrogens is 152 g/mol. The third-order valence-electron chi connectivity index (χ3n) is 2.22. The van der Waals surface area contributed by atoms with Crippen molar-refractivity contribution >= 4 is 0 Å². The molecule has 2 unspecified atom stereocenters. The van der Waals surface area contributed by atoms with Gasteiger partial charge in [0.2, 0.25) is 0 Å². The summed E-state index contributed by atoms with van der Waals surface area (Å²) in [5, 5.41) is 19.1. The predicted octanol–water partition coefficient (Wildman–Crippen LogP) is 2.09. The molecule has 0 bridgehead atoms. The normalized spacial score (nSPS) is 18.8. The van der Waals surface area contributed by atoms with Gasteiger partial charge in [-0.25, -0.2) is 0 Å². The topological polar surface area (TPSA) is 40.5 Å². The van der Waals surface area contributed by atoms with Gasteiger partial charge in [-0.1, -0.05) is 26.7 Å². The van der Waals surface area contributed by atoms with Crippen molar-refractivity contribution < 1.29 is 10.2 Å². The molecule has 2 nitrogen and oxygen atoms in total. The van der Waals surface area contributed by atoms with E-state index in [0.29, 0.717) is 6.42 Å². The van der Waals surface area contributed by atoms with E-state index in [1.165, 1.54) is 0 Å². The predicted molar refractivity (Wildman–Crippen MR) is 51.1 cm³/mol. The van der Waals surface area contributed by atoms with Gasteiger partial charge in [0.15, 0.2) is 0 Å². The molecule has 74 valence electrons. The Bertz CT molecular complexity index is 110. The number of rotatable bonds is 6. The number of unbranched alkanes of at least 4 members (excludes halogenated alkanes) is 1. The summed E-state index contributed by atoms with van der Waals surface area (Å²) in [6.45, 7) is 5.84. The van der Waals surface area contributed by atoms with Gasteiger partial charge in [-0.2, -0.15) is 0 Å². The Morgan fingerprint density at radius 3 is 2.33 bits per heavy atom. The van der Waals surface area contributed by atoms with Crippen molar-refractivity contribution in [1.82, 2.24) is 0 Å². The quantitative estimate of drug-likeness (QED) is 0.647. The highest BCUT2D eigenvalue weighted by atomic mass is 16.3. The van der Waals surface area contributed by atoms with Crippen LogP contribution in [0.5, 0.6) is 0 Å². The van der Waals surface area contributed by atoms with Crippen molar-refractivity contribution in [3.8, 4) is 0 Å². The second-order valence-electron chi connectivity index (χ2n) is 3.87. The van der Waals surface area contributed by atoms with Crippen LogP contribution in [-0.4, -0.2) is 21.9 Å². The molecule has 0 aliphatic heterocycles. The summed E-state index contributed by atoms with van der Waals surface area (Å²) in [6, 6.07) is 0. The molecule has 0 aromatic rings. The first-order valence-corrected chi connectivity index (χ1v) is 4.92. The Hall–Kier alpha value is -0.0800. The van der Waals surface area contributed by atoms with Gasteiger partial charge >= 0.3 is 0 Å². The molecule has 2 heteroatoms. The summed E-state index contributed by atoms with van der Waals surface area (Å²) in [5.74, 6) is 0. The van der Waals surface area contributed by atoms with E-state index in [4.69, 9.17) is 0 Å². The van der Waals surface area contributed by atoms with E-state index in [9.17, 15) is 10.2 Å². The van der Waals surface area contributed by atoms with E-state index in [0.717, 1.165) is 25.7 Å². The Labute approximate surface area is 75.6 Å². The van der Waals surface area contributed by atoms with Crippen LogP contribution >= 0.6 is 0 Å². The number of hydrogen-bond donors (Lipinski definition) is 2. The summed E-state index contributed by atoms with van der Waals surface area (Å²) >= 11 is 0. The van der Waals surface area contributed by atoms with Gasteiger partial charge in [0.1, 0.15) is 0 Å². The molecule has 0 saturated carbocycles. The first kappa shape index (κ1) is 11.9. The molecule has 0 rings (SSSR count). The summed E-state index contributed by atoms with van der Waals surface area (Å²) in [6.07, 6.45) is 3.80. The first-order valence-electron chi connectivity index (χ1n) is 4.92. The number of aliphatic hydroxyl groups is 2. The minimum Gasteiger partial charge on any atom is -0.393 e. The van der Waals surface area contributed by atoms with Gasteiger partial charge in [-0.05, 0) is 19.8 Å². The minimum absolute atomic E-state index is 0.350. The van der Waals surface area contributed by atoms with E-state index in [2.05, 4.69) is 6.92 Å². The molecule has 0 fully saturated rings. The van der Waals surface area contributed by atoms with Crippen LogP contribution in [-0.2, 0) is 0 Å². The fourth-order valence-corrected chi connectivity index (χ4v) is 1.31. The van der Waals surface area contributed by atoms with Gasteiger partial charge in [-0.3, -0.25) is 0 Å². The largest absolute Gasteiger partial charge is 0.393 e. The van der Waals surface area contributed by atoms with Crippen LogP contribution in [0.4, 0.5) is 0 Å². The second-order valence-corrected chi connectivity index (χ2v) is 3.87. The molecule has 0 aromatic carbocycles.